The number of aryl methyl sites for hydroxylation is 1. The van der Waals surface area contributed by atoms with Crippen molar-refractivity contribution in [2.75, 3.05) is 0 Å². The molecule has 0 radical (unpaired) electrons. The molecular weight excluding hydrogens is 358 g/mol. The molecule has 2 rings (SSSR count). The lowest BCUT2D eigenvalue weighted by Crippen LogP contribution is -2.21. The third-order valence-electron chi connectivity index (χ3n) is 4.03. The second-order valence-corrected chi connectivity index (χ2v) is 5.40. The van der Waals surface area contributed by atoms with Crippen molar-refractivity contribution in [1.82, 2.24) is 0 Å². The fraction of sp³-hybridized carbons (Fsp3) is 0.533. The Kier molecular flexibility index (Phi) is 19.3. The lowest BCUT2D eigenvalue weighted by molar-refractivity contribution is -0.138. The zero-order chi connectivity index (χ0) is 13.7. The van der Waals surface area contributed by atoms with Crippen LogP contribution in [0.4, 0.5) is 27.4 Å². The standard InChI is InChI=1S/C15H19FO2S.5FH/c1-2-11-3-5-12(6-4-11)13-7-9-14(10-8-13)15(17)18-19-16;;;;;/h3-6,13-14H,2,7-10H2,1H3;5*1H. The van der Waals surface area contributed by atoms with Crippen molar-refractivity contribution in [3.05, 3.63) is 35.4 Å². The van der Waals surface area contributed by atoms with Gasteiger partial charge < -0.3 is 4.18 Å². The monoisotopic (exact) mass is 382 g/mol. The molecule has 0 N–H and O–H groups in total. The molecule has 0 spiro atoms. The molecule has 24 heavy (non-hydrogen) atoms. The molecule has 9 heteroatoms. The second-order valence-electron chi connectivity index (χ2n) is 5.11. The number of hydrogen-bond acceptors (Lipinski definition) is 3. The van der Waals surface area contributed by atoms with E-state index in [1.807, 2.05) is 0 Å². The molecule has 0 atom stereocenters. The van der Waals surface area contributed by atoms with Crippen LogP contribution in [-0.4, -0.2) is 5.97 Å². The highest BCUT2D eigenvalue weighted by Gasteiger charge is 2.28. The average molecular weight is 382 g/mol. The molecule has 0 saturated heterocycles. The van der Waals surface area contributed by atoms with E-state index in [-0.39, 0.29) is 41.9 Å². The second kappa shape index (κ2) is 15.2. The Labute approximate surface area is 141 Å². The molecule has 0 heterocycles. The van der Waals surface area contributed by atoms with E-state index in [2.05, 4.69) is 35.4 Å². The van der Waals surface area contributed by atoms with Crippen LogP contribution in [0.15, 0.2) is 24.3 Å². The molecule has 1 aromatic rings. The summed E-state index contributed by atoms with van der Waals surface area (Å²) >= 11 is -0.345. The summed E-state index contributed by atoms with van der Waals surface area (Å²) in [5.41, 5.74) is 2.70. The van der Waals surface area contributed by atoms with Crippen molar-refractivity contribution in [3.63, 3.8) is 0 Å². The first kappa shape index (κ1) is 30.5. The first-order valence-corrected chi connectivity index (χ1v) is 7.46. The Morgan fingerprint density at radius 1 is 1.04 bits per heavy atom. The summed E-state index contributed by atoms with van der Waals surface area (Å²) in [6, 6.07) is 8.74. The van der Waals surface area contributed by atoms with Gasteiger partial charge in [-0.3, -0.25) is 28.3 Å². The molecule has 0 aliphatic heterocycles. The Balaban J connectivity index is -0.000000400. The highest BCUT2D eigenvalue weighted by molar-refractivity contribution is 7.89. The maximum Gasteiger partial charge on any atom is 0.323 e. The number of hydrogen-bond donors (Lipinski definition) is 0. The molecular formula is C15H24F6O2S. The van der Waals surface area contributed by atoms with Crippen molar-refractivity contribution < 1.29 is 36.4 Å². The third-order valence-corrected chi connectivity index (χ3v) is 4.26. The summed E-state index contributed by atoms with van der Waals surface area (Å²) < 4.78 is 16.2. The first-order valence-electron chi connectivity index (χ1n) is 6.82. The van der Waals surface area contributed by atoms with Gasteiger partial charge in [0.15, 0.2) is 0 Å². The minimum Gasteiger partial charge on any atom is -0.360 e. The summed E-state index contributed by atoms with van der Waals surface area (Å²) in [6.07, 6.45) is 4.59. The van der Waals surface area contributed by atoms with Gasteiger partial charge in [0.2, 0.25) is 0 Å². The van der Waals surface area contributed by atoms with Crippen LogP contribution in [0, 0.1) is 5.92 Å². The van der Waals surface area contributed by atoms with Crippen molar-refractivity contribution in [2.45, 2.75) is 44.9 Å². The van der Waals surface area contributed by atoms with E-state index < -0.39 is 5.97 Å². The molecule has 0 aromatic heterocycles. The molecule has 0 unspecified atom stereocenters. The van der Waals surface area contributed by atoms with Crippen LogP contribution in [0.3, 0.4) is 0 Å². The molecule has 0 amide bonds. The fourth-order valence-electron chi connectivity index (χ4n) is 2.79. The van der Waals surface area contributed by atoms with E-state index in [1.54, 1.807) is 0 Å². The van der Waals surface area contributed by atoms with Crippen LogP contribution in [0.2, 0.25) is 0 Å². The minimum atomic E-state index is -0.410. The van der Waals surface area contributed by atoms with E-state index >= 15 is 0 Å². The zero-order valence-electron chi connectivity index (χ0n) is 13.1. The van der Waals surface area contributed by atoms with Gasteiger partial charge in [0.1, 0.15) is 0 Å². The van der Waals surface area contributed by atoms with Gasteiger partial charge in [-0.05, 0) is 49.1 Å². The maximum atomic E-state index is 11.9. The van der Waals surface area contributed by atoms with Gasteiger partial charge in [0, 0.05) is 0 Å². The SMILES string of the molecule is CCc1ccc(C2CCC(C(=O)OSF)CC2)cc1.F.F.F.F.F. The lowest BCUT2D eigenvalue weighted by Gasteiger charge is -2.27. The Morgan fingerprint density at radius 2 is 1.54 bits per heavy atom. The summed E-state index contributed by atoms with van der Waals surface area (Å²) in [7, 11) is 0. The molecule has 2 nitrogen and oxygen atoms in total. The minimum absolute atomic E-state index is 0. The molecule has 144 valence electrons. The summed E-state index contributed by atoms with van der Waals surface area (Å²) in [5, 5.41) is 0. The first-order chi connectivity index (χ1) is 9.24. The van der Waals surface area contributed by atoms with E-state index in [4.69, 9.17) is 0 Å². The van der Waals surface area contributed by atoms with Crippen molar-refractivity contribution >= 4 is 18.4 Å². The number of benzene rings is 1. The highest BCUT2D eigenvalue weighted by Crippen LogP contribution is 2.36. The highest BCUT2D eigenvalue weighted by atomic mass is 32.2. The number of rotatable bonds is 4. The van der Waals surface area contributed by atoms with E-state index in [0.717, 1.165) is 32.1 Å². The Bertz CT molecular complexity index is 424. The molecule has 1 aliphatic carbocycles. The topological polar surface area (TPSA) is 26.3 Å². The van der Waals surface area contributed by atoms with Gasteiger partial charge >= 0.3 is 5.97 Å². The van der Waals surface area contributed by atoms with Crippen LogP contribution >= 0.6 is 12.4 Å². The predicted octanol–water partition coefficient (Wildman–Crippen LogP) is 5.36. The molecule has 1 aliphatic rings. The van der Waals surface area contributed by atoms with Crippen LogP contribution in [0.5, 0.6) is 0 Å². The summed E-state index contributed by atoms with van der Waals surface area (Å²) in [4.78, 5) is 11.4. The number of carbonyl (C=O) groups is 1. The van der Waals surface area contributed by atoms with Gasteiger partial charge in [-0.1, -0.05) is 31.2 Å². The van der Waals surface area contributed by atoms with Crippen LogP contribution in [0.25, 0.3) is 0 Å². The summed E-state index contributed by atoms with van der Waals surface area (Å²) in [6.45, 7) is 2.15. The average Bonchev–Trinajstić information content (AvgIpc) is 2.48. The third kappa shape index (κ3) is 7.94. The van der Waals surface area contributed by atoms with E-state index in [1.165, 1.54) is 11.1 Å². The number of halogens is 6. The van der Waals surface area contributed by atoms with Crippen molar-refractivity contribution in [1.29, 1.82) is 0 Å². The Hall–Kier alpha value is -1.38. The van der Waals surface area contributed by atoms with Gasteiger partial charge in [0.25, 0.3) is 12.4 Å². The van der Waals surface area contributed by atoms with Crippen molar-refractivity contribution in [3.8, 4) is 0 Å². The molecule has 1 saturated carbocycles. The smallest absolute Gasteiger partial charge is 0.323 e. The quantitative estimate of drug-likeness (QED) is 0.518. The van der Waals surface area contributed by atoms with Gasteiger partial charge in [0.05, 0.1) is 5.92 Å². The largest absolute Gasteiger partial charge is 0.360 e. The predicted molar refractivity (Wildman–Crippen MR) is 87.8 cm³/mol. The van der Waals surface area contributed by atoms with Crippen molar-refractivity contribution in [2.24, 2.45) is 5.92 Å². The van der Waals surface area contributed by atoms with Gasteiger partial charge in [-0.2, -0.15) is 0 Å². The molecule has 0 bridgehead atoms. The van der Waals surface area contributed by atoms with Crippen LogP contribution in [-0.2, 0) is 15.4 Å². The maximum absolute atomic E-state index is 11.9. The zero-order valence-corrected chi connectivity index (χ0v) is 14.0. The number of carbonyl (C=O) groups excluding carboxylic acids is 1. The van der Waals surface area contributed by atoms with Gasteiger partial charge in [-0.15, -0.1) is 3.89 Å². The van der Waals surface area contributed by atoms with Gasteiger partial charge in [-0.25, -0.2) is 0 Å². The molecule has 1 aromatic carbocycles. The van der Waals surface area contributed by atoms with Crippen LogP contribution < -0.4 is 0 Å². The molecule has 1 fully saturated rings. The van der Waals surface area contributed by atoms with E-state index in [9.17, 15) is 8.68 Å². The fourth-order valence-corrected chi connectivity index (χ4v) is 2.99. The Morgan fingerprint density at radius 3 is 1.96 bits per heavy atom. The van der Waals surface area contributed by atoms with E-state index in [0.29, 0.717) is 5.92 Å². The van der Waals surface area contributed by atoms with Crippen LogP contribution in [0.1, 0.15) is 49.7 Å². The normalized spacial score (nSPS) is 18.2. The summed E-state index contributed by atoms with van der Waals surface area (Å²) in [5.74, 6) is -0.0188. The lowest BCUT2D eigenvalue weighted by atomic mass is 9.78.